The van der Waals surface area contributed by atoms with E-state index in [1.165, 1.54) is 0 Å². The number of hydrogen-bond donors (Lipinski definition) is 2. The van der Waals surface area contributed by atoms with Crippen molar-refractivity contribution < 1.29 is 52.4 Å². The van der Waals surface area contributed by atoms with Crippen LogP contribution in [0.5, 0.6) is 5.75 Å². The number of carbonyl (C=O) groups is 1. The number of amides is 1. The quantitative estimate of drug-likeness (QED) is 0.861. The van der Waals surface area contributed by atoms with E-state index in [1.807, 2.05) is 20.8 Å². The van der Waals surface area contributed by atoms with Gasteiger partial charge in [0.05, 0.1) is 0 Å². The first-order chi connectivity index (χ1) is 7.37. The maximum atomic E-state index is 11.3. The van der Waals surface area contributed by atoms with E-state index < -0.39 is 11.7 Å². The molecule has 0 atom stereocenters. The van der Waals surface area contributed by atoms with Crippen LogP contribution in [-0.4, -0.2) is 16.8 Å². The standard InChI is InChI=1S/C12H17NO3.Ar/c1-12(2,3)16-11(15)13-8-9-4-6-10(14)7-5-9;/h4-7,14H,8H2,1-3H3,(H,13,15);. The van der Waals surface area contributed by atoms with Crippen molar-refractivity contribution in [1.29, 1.82) is 0 Å². The maximum absolute atomic E-state index is 11.3. The molecule has 0 fully saturated rings. The molecule has 17 heavy (non-hydrogen) atoms. The normalized spacial score (nSPS) is 10.3. The summed E-state index contributed by atoms with van der Waals surface area (Å²) in [5.41, 5.74) is 0.419. The zero-order valence-corrected chi connectivity index (χ0v) is 10.8. The van der Waals surface area contributed by atoms with Crippen molar-refractivity contribution in [3.8, 4) is 5.75 Å². The molecule has 96 valence electrons. The molecule has 0 aliphatic carbocycles. The second kappa shape index (κ2) is 7.09. The Morgan fingerprint density at radius 3 is 2.29 bits per heavy atom. The molecule has 0 spiro atoms. The van der Waals surface area contributed by atoms with Crippen molar-refractivity contribution in [3.05, 3.63) is 29.8 Å². The number of phenolic OH excluding ortho intramolecular Hbond substituents is 1. The number of phenols is 1. The van der Waals surface area contributed by atoms with E-state index in [2.05, 4.69) is 5.32 Å². The molecule has 5 heteroatoms. The van der Waals surface area contributed by atoms with E-state index in [1.54, 1.807) is 24.3 Å². The Labute approximate surface area is 131 Å². The van der Waals surface area contributed by atoms with Crippen LogP contribution in [0.3, 0.4) is 0 Å². The molecule has 0 saturated heterocycles. The van der Waals surface area contributed by atoms with Crippen molar-refractivity contribution >= 4 is 6.09 Å². The van der Waals surface area contributed by atoms with Crippen molar-refractivity contribution in [2.75, 3.05) is 0 Å². The van der Waals surface area contributed by atoms with Crippen molar-refractivity contribution in [1.82, 2.24) is 5.32 Å². The predicted molar refractivity (Wildman–Crippen MR) is 61.2 cm³/mol. The molecule has 0 aliphatic rings. The van der Waals surface area contributed by atoms with Crippen LogP contribution in [0.4, 0.5) is 4.79 Å². The van der Waals surface area contributed by atoms with Crippen LogP contribution in [0.2, 0.25) is 0 Å². The van der Waals surface area contributed by atoms with Gasteiger partial charge in [-0.2, -0.15) is 0 Å². The number of hydrogen-bond acceptors (Lipinski definition) is 3. The van der Waals surface area contributed by atoms with Gasteiger partial charge in [0, 0.05) is 44.3 Å². The van der Waals surface area contributed by atoms with Crippen LogP contribution >= 0.6 is 0 Å². The Hall–Kier alpha value is -0.450. The van der Waals surface area contributed by atoms with Crippen LogP contribution in [-0.2, 0) is 11.3 Å². The molecule has 1 rings (SSSR count). The smallest absolute Gasteiger partial charge is 0.407 e. The van der Waals surface area contributed by atoms with E-state index in [4.69, 9.17) is 9.84 Å². The minimum absolute atomic E-state index is 0. The molecule has 0 radical (unpaired) electrons. The van der Waals surface area contributed by atoms with Crippen LogP contribution in [0.25, 0.3) is 0 Å². The molecule has 0 aromatic heterocycles. The molecular formula is C12H17ArNO3. The zero-order valence-electron chi connectivity index (χ0n) is 10.1. The van der Waals surface area contributed by atoms with Gasteiger partial charge in [0.1, 0.15) is 11.4 Å². The van der Waals surface area contributed by atoms with Gasteiger partial charge in [-0.15, -0.1) is 0 Å². The molecular weight excluding hydrogens is 246 g/mol. The third kappa shape index (κ3) is 7.47. The molecule has 2 N–H and O–H groups in total. The van der Waals surface area contributed by atoms with E-state index in [0.717, 1.165) is 5.56 Å². The van der Waals surface area contributed by atoms with Gasteiger partial charge >= 0.3 is 6.09 Å². The van der Waals surface area contributed by atoms with Crippen molar-refractivity contribution in [3.63, 3.8) is 0 Å². The molecule has 1 amide bonds. The van der Waals surface area contributed by atoms with Crippen molar-refractivity contribution in [2.24, 2.45) is 0 Å². The summed E-state index contributed by atoms with van der Waals surface area (Å²) in [5.74, 6) is 0.209. The number of nitrogens with one attached hydrogen (secondary N) is 1. The average molecular weight is 263 g/mol. The molecule has 4 nitrogen and oxygen atoms in total. The van der Waals surface area contributed by atoms with Crippen LogP contribution in [0.1, 0.15) is 26.3 Å². The van der Waals surface area contributed by atoms with Crippen LogP contribution in [0.15, 0.2) is 24.3 Å². The minimum Gasteiger partial charge on any atom is -0.508 e. The molecule has 1 aromatic carbocycles. The van der Waals surface area contributed by atoms with Gasteiger partial charge in [0.15, 0.2) is 0 Å². The Balaban J connectivity index is 0.00000256. The van der Waals surface area contributed by atoms with Gasteiger partial charge in [-0.1, -0.05) is 12.1 Å². The first-order valence-corrected chi connectivity index (χ1v) is 5.11. The summed E-state index contributed by atoms with van der Waals surface area (Å²) in [4.78, 5) is 11.3. The minimum atomic E-state index is -0.487. The topological polar surface area (TPSA) is 58.6 Å². The fraction of sp³-hybridized carbons (Fsp3) is 0.417. The van der Waals surface area contributed by atoms with Crippen LogP contribution in [0, 0.1) is 37.7 Å². The SMILES string of the molecule is CC(C)(C)OC(=O)NCc1ccc(O)cc1.[Ar]. The summed E-state index contributed by atoms with van der Waals surface area (Å²) < 4.78 is 5.08. The molecule has 0 aliphatic heterocycles. The van der Waals surface area contributed by atoms with Crippen molar-refractivity contribution in [2.45, 2.75) is 32.9 Å². The first-order valence-electron chi connectivity index (χ1n) is 5.11. The number of aromatic hydroxyl groups is 1. The molecule has 0 heterocycles. The number of carbonyl (C=O) groups excluding carboxylic acids is 1. The van der Waals surface area contributed by atoms with E-state index in [0.29, 0.717) is 6.54 Å². The third-order valence-corrected chi connectivity index (χ3v) is 1.77. The molecule has 1 aromatic rings. The number of benzene rings is 1. The fourth-order valence-corrected chi connectivity index (χ4v) is 1.10. The third-order valence-electron chi connectivity index (χ3n) is 1.77. The summed E-state index contributed by atoms with van der Waals surface area (Å²) in [7, 11) is 0. The van der Waals surface area contributed by atoms with Crippen LogP contribution < -0.4 is 5.32 Å². The number of ether oxygens (including phenoxy) is 1. The summed E-state index contributed by atoms with van der Waals surface area (Å²) in [5, 5.41) is 11.7. The average Bonchev–Trinajstić information content (AvgIpc) is 2.14. The maximum Gasteiger partial charge on any atom is 0.407 e. The van der Waals surface area contributed by atoms with E-state index >= 15 is 0 Å². The van der Waals surface area contributed by atoms with Gasteiger partial charge in [-0.3, -0.25) is 0 Å². The summed E-state index contributed by atoms with van der Waals surface area (Å²) in [6.45, 7) is 5.82. The summed E-state index contributed by atoms with van der Waals surface area (Å²) in [6.07, 6.45) is -0.444. The zero-order chi connectivity index (χ0) is 12.2. The van der Waals surface area contributed by atoms with E-state index in [9.17, 15) is 4.79 Å². The number of rotatable bonds is 2. The second-order valence-electron chi connectivity index (χ2n) is 4.52. The summed E-state index contributed by atoms with van der Waals surface area (Å²) >= 11 is 0. The summed E-state index contributed by atoms with van der Waals surface area (Å²) in [6, 6.07) is 6.64. The largest absolute Gasteiger partial charge is 0.508 e. The van der Waals surface area contributed by atoms with Gasteiger partial charge < -0.3 is 15.2 Å². The van der Waals surface area contributed by atoms with Gasteiger partial charge in [0.2, 0.25) is 0 Å². The van der Waals surface area contributed by atoms with Gasteiger partial charge in [-0.25, -0.2) is 4.79 Å². The van der Waals surface area contributed by atoms with Gasteiger partial charge in [-0.05, 0) is 38.5 Å². The Kier molecular flexibility index (Phi) is 6.90. The Morgan fingerprint density at radius 1 is 1.29 bits per heavy atom. The fourth-order valence-electron chi connectivity index (χ4n) is 1.10. The molecule has 0 unspecified atom stereocenters. The first kappa shape index (κ1) is 16.5. The number of alkyl carbamates (subject to hydrolysis) is 1. The monoisotopic (exact) mass is 263 g/mol. The predicted octanol–water partition coefficient (Wildman–Crippen LogP) is 2.42. The Bertz CT molecular complexity index is 357. The molecule has 0 saturated carbocycles. The van der Waals surface area contributed by atoms with E-state index in [-0.39, 0.29) is 43.5 Å². The Morgan fingerprint density at radius 2 is 1.82 bits per heavy atom. The second-order valence-corrected chi connectivity index (χ2v) is 4.52. The molecule has 0 bridgehead atoms. The van der Waals surface area contributed by atoms with Gasteiger partial charge in [0.25, 0.3) is 0 Å².